The van der Waals surface area contributed by atoms with Crippen molar-refractivity contribution in [3.05, 3.63) is 42.6 Å². The molecule has 3 saturated carbocycles. The van der Waals surface area contributed by atoms with Gasteiger partial charge in [-0.3, -0.25) is 14.4 Å². The van der Waals surface area contributed by atoms with Crippen molar-refractivity contribution in [1.29, 1.82) is 0 Å². The fraction of sp³-hybridized carbons (Fsp3) is 0.595. The summed E-state index contributed by atoms with van der Waals surface area (Å²) in [5, 5.41) is 16.0. The van der Waals surface area contributed by atoms with Gasteiger partial charge in [0.2, 0.25) is 27.7 Å². The number of ether oxygens (including phenoxy) is 2. The van der Waals surface area contributed by atoms with Gasteiger partial charge in [-0.05, 0) is 69.3 Å². The molecule has 3 N–H and O–H groups in total. The summed E-state index contributed by atoms with van der Waals surface area (Å²) >= 11 is 0. The van der Waals surface area contributed by atoms with E-state index in [9.17, 15) is 32.7 Å². The summed E-state index contributed by atoms with van der Waals surface area (Å²) in [6.07, 6.45) is 8.62. The van der Waals surface area contributed by atoms with E-state index < -0.39 is 74.7 Å². The lowest BCUT2D eigenvalue weighted by Gasteiger charge is -2.32. The van der Waals surface area contributed by atoms with Gasteiger partial charge in [0.1, 0.15) is 29.5 Å². The smallest absolute Gasteiger partial charge is 0.405 e. The van der Waals surface area contributed by atoms with Crippen molar-refractivity contribution in [2.75, 3.05) is 13.6 Å². The molecule has 0 bridgehead atoms. The van der Waals surface area contributed by atoms with Gasteiger partial charge in [-0.25, -0.2) is 22.5 Å². The summed E-state index contributed by atoms with van der Waals surface area (Å²) in [6, 6.07) is 5.24. The number of nitrogens with zero attached hydrogens (tertiary/aromatic N) is 3. The largest absolute Gasteiger partial charge is 0.488 e. The first-order valence-electron chi connectivity index (χ1n) is 18.3. The second kappa shape index (κ2) is 13.9. The summed E-state index contributed by atoms with van der Waals surface area (Å²) in [7, 11) is -2.65. The molecular weight excluding hydrogens is 691 g/mol. The summed E-state index contributed by atoms with van der Waals surface area (Å²) in [5.74, 6) is -1.70. The average molecular weight is 738 g/mol. The maximum atomic E-state index is 14.4. The second-order valence-corrected chi connectivity index (χ2v) is 17.6. The number of carbonyl (C=O) groups is 4. The van der Waals surface area contributed by atoms with Gasteiger partial charge >= 0.3 is 6.09 Å². The highest BCUT2D eigenvalue weighted by Crippen LogP contribution is 2.48. The Morgan fingerprint density at radius 3 is 2.46 bits per heavy atom. The highest BCUT2D eigenvalue weighted by atomic mass is 32.2. The van der Waals surface area contributed by atoms with Crippen LogP contribution in [0.1, 0.15) is 71.6 Å². The van der Waals surface area contributed by atoms with Crippen LogP contribution in [0.25, 0.3) is 10.8 Å². The van der Waals surface area contributed by atoms with E-state index in [0.29, 0.717) is 42.7 Å². The van der Waals surface area contributed by atoms with E-state index in [0.717, 1.165) is 29.0 Å². The lowest BCUT2D eigenvalue weighted by molar-refractivity contribution is -0.142. The molecule has 1 saturated heterocycles. The zero-order valence-corrected chi connectivity index (χ0v) is 30.5. The SMILES string of the molecule is C[C@@H]1CC/C=C\[C@@H]2C[C@@]2(C(=O)N(C)S(=O)(=O)C2CC2)NC(=O)[C@@H]2C[C@@H](Oc3ncc(OC4CC4)c4ccccc34)CN2C(=O)[C@@H](NC(=O)O)[C@H](C)C1. The van der Waals surface area contributed by atoms with Crippen LogP contribution in [-0.2, 0) is 24.4 Å². The highest BCUT2D eigenvalue weighted by molar-refractivity contribution is 7.90. The predicted molar refractivity (Wildman–Crippen MR) is 190 cm³/mol. The normalized spacial score (nSPS) is 31.6. The van der Waals surface area contributed by atoms with Crippen molar-refractivity contribution in [2.24, 2.45) is 17.8 Å². The fourth-order valence-corrected chi connectivity index (χ4v) is 9.34. The maximum Gasteiger partial charge on any atom is 0.405 e. The number of likely N-dealkylation sites (N-methyl/N-ethyl adjacent to an activating group) is 1. The highest BCUT2D eigenvalue weighted by Gasteiger charge is 2.63. The zero-order valence-electron chi connectivity index (χ0n) is 29.7. The minimum Gasteiger partial charge on any atom is -0.488 e. The first-order chi connectivity index (χ1) is 24.8. The number of allylic oxidation sites excluding steroid dienone is 1. The number of hydrogen-bond donors (Lipinski definition) is 3. The van der Waals surface area contributed by atoms with Crippen LogP contribution in [0.2, 0.25) is 0 Å². The average Bonchev–Trinajstić information content (AvgIpc) is 4.02. The van der Waals surface area contributed by atoms with Crippen LogP contribution >= 0.6 is 0 Å². The first-order valence-corrected chi connectivity index (χ1v) is 19.8. The van der Waals surface area contributed by atoms with Gasteiger partial charge in [0, 0.05) is 30.2 Å². The second-order valence-electron chi connectivity index (χ2n) is 15.3. The third-order valence-corrected chi connectivity index (χ3v) is 13.3. The first kappa shape index (κ1) is 36.0. The van der Waals surface area contributed by atoms with Crippen molar-refractivity contribution in [1.82, 2.24) is 24.8 Å². The molecule has 0 unspecified atom stereocenters. The summed E-state index contributed by atoms with van der Waals surface area (Å²) in [6.45, 7) is 3.81. The lowest BCUT2D eigenvalue weighted by Crippen LogP contribution is -2.59. The molecule has 52 heavy (non-hydrogen) atoms. The van der Waals surface area contributed by atoms with Crippen molar-refractivity contribution < 1.29 is 42.2 Å². The Morgan fingerprint density at radius 2 is 1.77 bits per heavy atom. The molecule has 14 nitrogen and oxygen atoms in total. The standard InChI is InChI=1S/C37H47N5O9S/c1-21-8-4-5-9-23-18-37(23,35(45)41(3)52(48,49)26-14-15-26)40-32(43)29-17-25(20-42(29)34(44)31(22(2)16-21)39-36(46)47)51-33-28-11-7-6-10-27(28)30(19-38-33)50-24-12-13-24/h5-7,9-11,19,21-26,29,31,39H,4,8,12-18,20H2,1-3H3,(H,40,43)(H,46,47)/b9-5-/t21-,22-,23-,25-,29+,31+,37-/m1/s1. The molecule has 7 rings (SSSR count). The number of fused-ring (bicyclic) bond motifs is 3. The number of benzene rings is 1. The fourth-order valence-electron chi connectivity index (χ4n) is 7.77. The summed E-state index contributed by atoms with van der Waals surface area (Å²) in [5.41, 5.74) is -1.51. The Bertz CT molecular complexity index is 1900. The molecule has 0 spiro atoms. The summed E-state index contributed by atoms with van der Waals surface area (Å²) < 4.78 is 39.6. The van der Waals surface area contributed by atoms with Gasteiger partial charge in [0.15, 0.2) is 0 Å². The number of sulfonamides is 1. The molecule has 15 heteroatoms. The van der Waals surface area contributed by atoms with Crippen LogP contribution in [0.3, 0.4) is 0 Å². The molecule has 3 aliphatic carbocycles. The number of nitrogens with one attached hydrogen (secondary N) is 2. The molecule has 3 heterocycles. The quantitative estimate of drug-likeness (QED) is 0.339. The molecule has 2 aliphatic heterocycles. The van der Waals surface area contributed by atoms with Crippen molar-refractivity contribution in [3.63, 3.8) is 0 Å². The molecule has 1 aromatic carbocycles. The van der Waals surface area contributed by atoms with Crippen molar-refractivity contribution in [2.45, 2.75) is 107 Å². The predicted octanol–water partition coefficient (Wildman–Crippen LogP) is 3.60. The Balaban J connectivity index is 1.21. The Hall–Kier alpha value is -4.40. The minimum absolute atomic E-state index is 0.0273. The number of carbonyl (C=O) groups excluding carboxylic acids is 3. The van der Waals surface area contributed by atoms with Gasteiger partial charge in [0.05, 0.1) is 24.1 Å². The molecule has 280 valence electrons. The Kier molecular flexibility index (Phi) is 9.59. The van der Waals surface area contributed by atoms with Crippen LogP contribution in [0.15, 0.2) is 42.6 Å². The minimum atomic E-state index is -3.89. The third kappa shape index (κ3) is 7.15. The van der Waals surface area contributed by atoms with E-state index in [4.69, 9.17) is 9.47 Å². The molecule has 2 aromatic rings. The van der Waals surface area contributed by atoms with Crippen molar-refractivity contribution >= 4 is 44.6 Å². The molecular formula is C37H47N5O9S. The summed E-state index contributed by atoms with van der Waals surface area (Å²) in [4.78, 5) is 60.8. The van der Waals surface area contributed by atoms with Crippen molar-refractivity contribution in [3.8, 4) is 11.6 Å². The van der Waals surface area contributed by atoms with Gasteiger partial charge < -0.3 is 30.1 Å². The number of rotatable bonds is 8. The number of carboxylic acid groups (broad SMARTS) is 1. The topological polar surface area (TPSA) is 185 Å². The molecule has 1 aromatic heterocycles. The molecule has 0 radical (unpaired) electrons. The number of amides is 4. The van der Waals surface area contributed by atoms with Gasteiger partial charge in [-0.2, -0.15) is 0 Å². The Labute approximate surface area is 303 Å². The van der Waals surface area contributed by atoms with E-state index in [1.807, 2.05) is 50.3 Å². The Morgan fingerprint density at radius 1 is 1.04 bits per heavy atom. The number of hydrogen-bond acceptors (Lipinski definition) is 9. The van der Waals surface area contributed by atoms with Crippen LogP contribution in [0.4, 0.5) is 4.79 Å². The van der Waals surface area contributed by atoms with Gasteiger partial charge in [0.25, 0.3) is 5.91 Å². The number of aromatic nitrogens is 1. The van der Waals surface area contributed by atoms with Gasteiger partial charge in [-0.15, -0.1) is 0 Å². The van der Waals surface area contributed by atoms with E-state index in [1.165, 1.54) is 11.9 Å². The number of pyridine rings is 1. The third-order valence-electron chi connectivity index (χ3n) is 11.1. The zero-order chi connectivity index (χ0) is 36.9. The van der Waals surface area contributed by atoms with Crippen LogP contribution < -0.4 is 20.1 Å². The van der Waals surface area contributed by atoms with E-state index >= 15 is 0 Å². The monoisotopic (exact) mass is 737 g/mol. The van der Waals surface area contributed by atoms with Crippen LogP contribution in [0, 0.1) is 17.8 Å². The molecule has 4 fully saturated rings. The lowest BCUT2D eigenvalue weighted by atomic mass is 9.88. The van der Waals surface area contributed by atoms with E-state index in [1.54, 1.807) is 6.20 Å². The van der Waals surface area contributed by atoms with Gasteiger partial charge in [-0.1, -0.05) is 44.2 Å². The van der Waals surface area contributed by atoms with E-state index in [2.05, 4.69) is 15.6 Å². The van der Waals surface area contributed by atoms with Crippen LogP contribution in [-0.4, -0.2) is 100 Å². The molecule has 5 aliphatic rings. The van der Waals surface area contributed by atoms with E-state index in [-0.39, 0.29) is 31.4 Å². The van der Waals surface area contributed by atoms with Crippen LogP contribution in [0.5, 0.6) is 11.6 Å². The maximum absolute atomic E-state index is 14.4. The molecule has 7 atom stereocenters. The molecule has 4 amide bonds.